The summed E-state index contributed by atoms with van der Waals surface area (Å²) in [7, 11) is 0. The van der Waals surface area contributed by atoms with Crippen LogP contribution in [0.15, 0.2) is 29.6 Å². The highest BCUT2D eigenvalue weighted by Crippen LogP contribution is 2.11. The first kappa shape index (κ1) is 13.5. The van der Waals surface area contributed by atoms with Crippen LogP contribution in [0.5, 0.6) is 0 Å². The number of nitrogens with zero attached hydrogens (tertiary/aromatic N) is 1. The molecule has 1 atom stereocenters. The van der Waals surface area contributed by atoms with Crippen LogP contribution >= 0.6 is 22.9 Å². The van der Waals surface area contributed by atoms with Crippen molar-refractivity contribution >= 4 is 22.9 Å². The lowest BCUT2D eigenvalue weighted by Crippen LogP contribution is -2.30. The minimum absolute atomic E-state index is 0.519. The normalized spacial score (nSPS) is 12.6. The van der Waals surface area contributed by atoms with Gasteiger partial charge in [-0.25, -0.2) is 4.98 Å². The van der Waals surface area contributed by atoms with Crippen LogP contribution in [0.4, 0.5) is 0 Å². The SMILES string of the molecule is Cc1nc(CC(O)NCc2cccc(Cl)c2)cs1. The van der Waals surface area contributed by atoms with Gasteiger partial charge < -0.3 is 5.11 Å². The average molecular weight is 283 g/mol. The second-order valence-corrected chi connectivity index (χ2v) is 5.59. The average Bonchev–Trinajstić information content (AvgIpc) is 2.72. The number of hydrogen-bond acceptors (Lipinski definition) is 4. The van der Waals surface area contributed by atoms with Gasteiger partial charge in [-0.2, -0.15) is 0 Å². The zero-order valence-corrected chi connectivity index (χ0v) is 11.6. The number of rotatable bonds is 5. The van der Waals surface area contributed by atoms with E-state index >= 15 is 0 Å². The highest BCUT2D eigenvalue weighted by Gasteiger charge is 2.07. The molecule has 5 heteroatoms. The van der Waals surface area contributed by atoms with E-state index in [1.54, 1.807) is 11.3 Å². The second-order valence-electron chi connectivity index (χ2n) is 4.09. The Kier molecular flexibility index (Phi) is 4.72. The second kappa shape index (κ2) is 6.29. The molecular formula is C13H15ClN2OS. The zero-order chi connectivity index (χ0) is 13.0. The van der Waals surface area contributed by atoms with Crippen LogP contribution in [0, 0.1) is 6.92 Å². The van der Waals surface area contributed by atoms with E-state index in [0.717, 1.165) is 16.3 Å². The molecule has 0 amide bonds. The Labute approximate surface area is 115 Å². The third kappa shape index (κ3) is 4.07. The first-order valence-corrected chi connectivity index (χ1v) is 6.96. The molecule has 0 aliphatic rings. The van der Waals surface area contributed by atoms with Gasteiger partial charge in [-0.15, -0.1) is 11.3 Å². The fourth-order valence-corrected chi connectivity index (χ4v) is 2.49. The predicted octanol–water partition coefficient (Wildman–Crippen LogP) is 2.76. The smallest absolute Gasteiger partial charge is 0.110 e. The van der Waals surface area contributed by atoms with E-state index in [-0.39, 0.29) is 0 Å². The monoisotopic (exact) mass is 282 g/mol. The first-order valence-electron chi connectivity index (χ1n) is 5.70. The van der Waals surface area contributed by atoms with Crippen LogP contribution in [0.3, 0.4) is 0 Å². The number of halogens is 1. The molecule has 1 unspecified atom stereocenters. The lowest BCUT2D eigenvalue weighted by Gasteiger charge is -2.11. The maximum absolute atomic E-state index is 9.86. The van der Waals surface area contributed by atoms with E-state index in [9.17, 15) is 5.11 Å². The van der Waals surface area contributed by atoms with Gasteiger partial charge in [-0.1, -0.05) is 23.7 Å². The molecule has 2 N–H and O–H groups in total. The number of aliphatic hydroxyl groups is 1. The lowest BCUT2D eigenvalue weighted by atomic mass is 10.2. The van der Waals surface area contributed by atoms with Crippen molar-refractivity contribution in [2.24, 2.45) is 0 Å². The van der Waals surface area contributed by atoms with E-state index < -0.39 is 6.23 Å². The van der Waals surface area contributed by atoms with Gasteiger partial charge in [0.25, 0.3) is 0 Å². The minimum atomic E-state index is -0.592. The van der Waals surface area contributed by atoms with Crippen molar-refractivity contribution in [3.63, 3.8) is 0 Å². The fourth-order valence-electron chi connectivity index (χ4n) is 1.65. The molecule has 0 aliphatic carbocycles. The van der Waals surface area contributed by atoms with E-state index in [1.807, 2.05) is 36.6 Å². The largest absolute Gasteiger partial charge is 0.378 e. The maximum Gasteiger partial charge on any atom is 0.110 e. The molecule has 1 aromatic heterocycles. The third-order valence-electron chi connectivity index (χ3n) is 2.50. The van der Waals surface area contributed by atoms with Crippen LogP contribution in [0.1, 0.15) is 16.3 Å². The van der Waals surface area contributed by atoms with Crippen molar-refractivity contribution < 1.29 is 5.11 Å². The van der Waals surface area contributed by atoms with Crippen molar-refractivity contribution in [3.8, 4) is 0 Å². The van der Waals surface area contributed by atoms with E-state index in [2.05, 4.69) is 10.3 Å². The predicted molar refractivity (Wildman–Crippen MR) is 74.9 cm³/mol. The molecule has 0 radical (unpaired) electrons. The molecule has 0 fully saturated rings. The van der Waals surface area contributed by atoms with Crippen molar-refractivity contribution in [3.05, 3.63) is 50.9 Å². The summed E-state index contributed by atoms with van der Waals surface area (Å²) < 4.78 is 0. The zero-order valence-electron chi connectivity index (χ0n) is 10.1. The molecule has 0 bridgehead atoms. The molecule has 2 rings (SSSR count). The summed E-state index contributed by atoms with van der Waals surface area (Å²) in [6.07, 6.45) is -0.0734. The topological polar surface area (TPSA) is 45.2 Å². The molecule has 2 aromatic rings. The molecular weight excluding hydrogens is 268 g/mol. The Morgan fingerprint density at radius 2 is 2.33 bits per heavy atom. The third-order valence-corrected chi connectivity index (χ3v) is 3.56. The van der Waals surface area contributed by atoms with Crippen molar-refractivity contribution in [2.75, 3.05) is 0 Å². The van der Waals surface area contributed by atoms with Gasteiger partial charge in [-0.3, -0.25) is 5.32 Å². The fraction of sp³-hybridized carbons (Fsp3) is 0.308. The molecule has 1 aromatic carbocycles. The van der Waals surface area contributed by atoms with Gasteiger partial charge >= 0.3 is 0 Å². The number of aryl methyl sites for hydroxylation is 1. The van der Waals surface area contributed by atoms with Crippen molar-refractivity contribution in [1.29, 1.82) is 0 Å². The summed E-state index contributed by atoms with van der Waals surface area (Å²) in [5.41, 5.74) is 1.97. The molecule has 1 heterocycles. The summed E-state index contributed by atoms with van der Waals surface area (Å²) in [5, 5.41) is 16.6. The highest BCUT2D eigenvalue weighted by atomic mass is 35.5. The number of nitrogens with one attached hydrogen (secondary N) is 1. The van der Waals surface area contributed by atoms with Crippen LogP contribution in [0.25, 0.3) is 0 Å². The quantitative estimate of drug-likeness (QED) is 0.829. The number of benzene rings is 1. The van der Waals surface area contributed by atoms with Gasteiger partial charge in [0.2, 0.25) is 0 Å². The van der Waals surface area contributed by atoms with Crippen molar-refractivity contribution in [1.82, 2.24) is 10.3 Å². The highest BCUT2D eigenvalue weighted by molar-refractivity contribution is 7.09. The summed E-state index contributed by atoms with van der Waals surface area (Å²) in [6.45, 7) is 2.55. The lowest BCUT2D eigenvalue weighted by molar-refractivity contribution is 0.134. The summed E-state index contributed by atoms with van der Waals surface area (Å²) in [5.74, 6) is 0. The molecule has 0 spiro atoms. The summed E-state index contributed by atoms with van der Waals surface area (Å²) in [6, 6.07) is 7.59. The van der Waals surface area contributed by atoms with Gasteiger partial charge in [0.1, 0.15) is 6.23 Å². The van der Waals surface area contributed by atoms with Crippen LogP contribution in [-0.2, 0) is 13.0 Å². The summed E-state index contributed by atoms with van der Waals surface area (Å²) in [4.78, 5) is 4.32. The Morgan fingerprint density at radius 1 is 1.50 bits per heavy atom. The van der Waals surface area contributed by atoms with Gasteiger partial charge in [0.05, 0.1) is 10.7 Å². The molecule has 96 valence electrons. The Hall–Kier alpha value is -0.940. The minimum Gasteiger partial charge on any atom is -0.378 e. The first-order chi connectivity index (χ1) is 8.63. The van der Waals surface area contributed by atoms with Crippen molar-refractivity contribution in [2.45, 2.75) is 26.1 Å². The van der Waals surface area contributed by atoms with Gasteiger partial charge in [0, 0.05) is 23.4 Å². The Bertz CT molecular complexity index is 515. The Morgan fingerprint density at radius 3 is 3.00 bits per heavy atom. The number of hydrogen-bond donors (Lipinski definition) is 2. The Balaban J connectivity index is 1.83. The van der Waals surface area contributed by atoms with Crippen LogP contribution in [-0.4, -0.2) is 16.3 Å². The maximum atomic E-state index is 9.86. The molecule has 0 aliphatic heterocycles. The van der Waals surface area contributed by atoms with E-state index in [4.69, 9.17) is 11.6 Å². The van der Waals surface area contributed by atoms with Crippen LogP contribution < -0.4 is 5.32 Å². The van der Waals surface area contributed by atoms with E-state index in [0.29, 0.717) is 18.0 Å². The van der Waals surface area contributed by atoms with Gasteiger partial charge in [-0.05, 0) is 24.6 Å². The molecule has 3 nitrogen and oxygen atoms in total. The molecule has 0 saturated carbocycles. The van der Waals surface area contributed by atoms with Crippen LogP contribution in [0.2, 0.25) is 5.02 Å². The summed E-state index contributed by atoms with van der Waals surface area (Å²) >= 11 is 7.49. The van der Waals surface area contributed by atoms with E-state index in [1.165, 1.54) is 0 Å². The molecule has 18 heavy (non-hydrogen) atoms. The van der Waals surface area contributed by atoms with Gasteiger partial charge in [0.15, 0.2) is 0 Å². The standard InChI is InChI=1S/C13H15ClN2OS/c1-9-16-12(8-18-9)6-13(17)15-7-10-3-2-4-11(14)5-10/h2-5,8,13,15,17H,6-7H2,1H3. The molecule has 0 saturated heterocycles. The number of aromatic nitrogens is 1. The number of aliphatic hydroxyl groups excluding tert-OH is 1. The number of thiazole rings is 1.